The minimum Gasteiger partial charge on any atom is -0.450 e. The molecule has 1 aromatic rings. The van der Waals surface area contributed by atoms with Gasteiger partial charge in [0.2, 0.25) is 0 Å². The van der Waals surface area contributed by atoms with Crippen LogP contribution in [0.2, 0.25) is 4.34 Å². The molecule has 1 fully saturated rings. The molecule has 1 aliphatic carbocycles. The van der Waals surface area contributed by atoms with Crippen molar-refractivity contribution < 1.29 is 9.53 Å². The summed E-state index contributed by atoms with van der Waals surface area (Å²) in [5, 5.41) is 3.75. The lowest BCUT2D eigenvalue weighted by atomic mass is 10.0. The van der Waals surface area contributed by atoms with E-state index in [1.807, 2.05) is 11.8 Å². The van der Waals surface area contributed by atoms with Crippen molar-refractivity contribution in [1.29, 1.82) is 0 Å². The number of aryl methyl sites for hydroxylation is 1. The van der Waals surface area contributed by atoms with Crippen LogP contribution in [-0.2, 0) is 11.2 Å². The topological polar surface area (TPSA) is 41.6 Å². The van der Waals surface area contributed by atoms with Gasteiger partial charge in [0, 0.05) is 30.1 Å². The van der Waals surface area contributed by atoms with E-state index in [1.165, 1.54) is 10.4 Å². The van der Waals surface area contributed by atoms with Crippen molar-refractivity contribution in [1.82, 2.24) is 10.2 Å². The maximum atomic E-state index is 11.7. The van der Waals surface area contributed by atoms with Crippen LogP contribution in [-0.4, -0.2) is 36.7 Å². The number of fused-ring (bicyclic) bond motifs is 1. The maximum absolute atomic E-state index is 11.7. The predicted molar refractivity (Wildman–Crippen MR) is 85.1 cm³/mol. The summed E-state index contributed by atoms with van der Waals surface area (Å²) in [5.74, 6) is 0. The van der Waals surface area contributed by atoms with Gasteiger partial charge in [0.25, 0.3) is 0 Å². The number of amides is 1. The van der Waals surface area contributed by atoms with Gasteiger partial charge in [-0.25, -0.2) is 4.79 Å². The molecule has 1 atom stereocenters. The Balaban J connectivity index is 1.51. The lowest BCUT2D eigenvalue weighted by Gasteiger charge is -2.33. The van der Waals surface area contributed by atoms with Crippen LogP contribution >= 0.6 is 22.9 Å². The van der Waals surface area contributed by atoms with Gasteiger partial charge in [-0.3, -0.25) is 0 Å². The van der Waals surface area contributed by atoms with E-state index in [-0.39, 0.29) is 6.09 Å². The summed E-state index contributed by atoms with van der Waals surface area (Å²) in [5.41, 5.74) is 1.39. The average Bonchev–Trinajstić information content (AvgIpc) is 3.00. The molecule has 1 aromatic heterocycles. The Kier molecular flexibility index (Phi) is 4.72. The Labute approximate surface area is 134 Å². The van der Waals surface area contributed by atoms with E-state index in [4.69, 9.17) is 16.3 Å². The fourth-order valence-electron chi connectivity index (χ4n) is 3.23. The van der Waals surface area contributed by atoms with Crippen molar-refractivity contribution in [3.63, 3.8) is 0 Å². The number of carbonyl (C=O) groups excluding carboxylic acids is 1. The molecule has 6 heteroatoms. The first-order valence-electron chi connectivity index (χ1n) is 7.63. The Morgan fingerprint density at radius 1 is 1.48 bits per heavy atom. The van der Waals surface area contributed by atoms with Crippen molar-refractivity contribution in [3.8, 4) is 0 Å². The molecule has 0 aromatic carbocycles. The average molecular weight is 329 g/mol. The third kappa shape index (κ3) is 3.35. The highest BCUT2D eigenvalue weighted by atomic mass is 35.5. The molecule has 1 amide bonds. The number of carbonyl (C=O) groups is 1. The largest absolute Gasteiger partial charge is 0.450 e. The van der Waals surface area contributed by atoms with Gasteiger partial charge in [0.05, 0.1) is 10.9 Å². The van der Waals surface area contributed by atoms with Crippen molar-refractivity contribution >= 4 is 29.0 Å². The van der Waals surface area contributed by atoms with Gasteiger partial charge in [-0.15, -0.1) is 11.3 Å². The van der Waals surface area contributed by atoms with Crippen LogP contribution in [0.3, 0.4) is 0 Å². The van der Waals surface area contributed by atoms with Gasteiger partial charge in [0.15, 0.2) is 0 Å². The van der Waals surface area contributed by atoms with Gasteiger partial charge in [-0.05, 0) is 44.2 Å². The SMILES string of the molecule is CCOC(=O)N1CCC(NC2CCc3sc(Cl)cc32)CC1. The highest BCUT2D eigenvalue weighted by Crippen LogP contribution is 2.39. The third-order valence-electron chi connectivity index (χ3n) is 4.31. The number of hydrogen-bond donors (Lipinski definition) is 1. The molecule has 1 aliphatic heterocycles. The van der Waals surface area contributed by atoms with Gasteiger partial charge in [-0.1, -0.05) is 11.6 Å². The molecule has 116 valence electrons. The van der Waals surface area contributed by atoms with E-state index < -0.39 is 0 Å². The minimum atomic E-state index is -0.177. The normalized spacial score (nSPS) is 22.4. The van der Waals surface area contributed by atoms with Gasteiger partial charge in [-0.2, -0.15) is 0 Å². The fraction of sp³-hybridized carbons (Fsp3) is 0.667. The summed E-state index contributed by atoms with van der Waals surface area (Å²) in [6.45, 7) is 3.84. The van der Waals surface area contributed by atoms with E-state index in [9.17, 15) is 4.79 Å². The third-order valence-corrected chi connectivity index (χ3v) is 5.64. The number of halogens is 1. The zero-order valence-electron chi connectivity index (χ0n) is 12.2. The molecule has 2 aliphatic rings. The van der Waals surface area contributed by atoms with E-state index in [0.717, 1.165) is 43.1 Å². The van der Waals surface area contributed by atoms with Crippen LogP contribution in [0.5, 0.6) is 0 Å². The lowest BCUT2D eigenvalue weighted by Crippen LogP contribution is -2.45. The monoisotopic (exact) mass is 328 g/mol. The molecule has 0 spiro atoms. The molecule has 0 bridgehead atoms. The number of likely N-dealkylation sites (tertiary alicyclic amines) is 1. The van der Waals surface area contributed by atoms with Crippen LogP contribution in [0.25, 0.3) is 0 Å². The van der Waals surface area contributed by atoms with Crippen LogP contribution in [0.15, 0.2) is 6.07 Å². The van der Waals surface area contributed by atoms with Crippen molar-refractivity contribution in [2.75, 3.05) is 19.7 Å². The van der Waals surface area contributed by atoms with Crippen LogP contribution < -0.4 is 5.32 Å². The molecule has 0 radical (unpaired) electrons. The van der Waals surface area contributed by atoms with Crippen molar-refractivity contribution in [2.45, 2.75) is 44.7 Å². The number of piperidine rings is 1. The molecule has 0 saturated carbocycles. The lowest BCUT2D eigenvalue weighted by molar-refractivity contribution is 0.0942. The number of nitrogens with zero attached hydrogens (tertiary/aromatic N) is 1. The number of nitrogens with one attached hydrogen (secondary N) is 1. The summed E-state index contributed by atoms with van der Waals surface area (Å²) in [6, 6.07) is 3.02. The van der Waals surface area contributed by atoms with E-state index >= 15 is 0 Å². The second kappa shape index (κ2) is 6.55. The van der Waals surface area contributed by atoms with E-state index in [0.29, 0.717) is 18.7 Å². The standard InChI is InChI=1S/C15H21ClN2O2S/c1-2-20-15(19)18-7-5-10(6-8-18)17-12-3-4-13-11(12)9-14(16)21-13/h9-10,12,17H,2-8H2,1H3. The van der Waals surface area contributed by atoms with Crippen LogP contribution in [0.1, 0.15) is 42.7 Å². The first-order chi connectivity index (χ1) is 10.2. The van der Waals surface area contributed by atoms with Gasteiger partial charge < -0.3 is 15.0 Å². The molecule has 2 heterocycles. The first-order valence-corrected chi connectivity index (χ1v) is 8.82. The minimum absolute atomic E-state index is 0.177. The van der Waals surface area contributed by atoms with Gasteiger partial charge >= 0.3 is 6.09 Å². The quantitative estimate of drug-likeness (QED) is 0.921. The molecule has 1 N–H and O–H groups in total. The summed E-state index contributed by atoms with van der Waals surface area (Å²) >= 11 is 7.81. The maximum Gasteiger partial charge on any atom is 0.409 e. The Morgan fingerprint density at radius 3 is 2.95 bits per heavy atom. The molecular weight excluding hydrogens is 308 g/mol. The molecule has 4 nitrogen and oxygen atoms in total. The Hall–Kier alpha value is -0.780. The number of thiophene rings is 1. The predicted octanol–water partition coefficient (Wildman–Crippen LogP) is 3.60. The van der Waals surface area contributed by atoms with Crippen LogP contribution in [0.4, 0.5) is 4.79 Å². The molecule has 3 rings (SSSR count). The zero-order chi connectivity index (χ0) is 14.8. The molecule has 1 saturated heterocycles. The highest BCUT2D eigenvalue weighted by Gasteiger charge is 2.29. The van der Waals surface area contributed by atoms with E-state index in [1.54, 1.807) is 11.3 Å². The summed E-state index contributed by atoms with van der Waals surface area (Å²) < 4.78 is 5.94. The number of ether oxygens (including phenoxy) is 1. The summed E-state index contributed by atoms with van der Waals surface area (Å²) in [4.78, 5) is 14.9. The first kappa shape index (κ1) is 15.1. The molecule has 1 unspecified atom stereocenters. The van der Waals surface area contributed by atoms with Crippen LogP contribution in [0, 0.1) is 0 Å². The molecule has 21 heavy (non-hydrogen) atoms. The fourth-order valence-corrected chi connectivity index (χ4v) is 4.59. The smallest absolute Gasteiger partial charge is 0.409 e. The van der Waals surface area contributed by atoms with Crippen molar-refractivity contribution in [3.05, 3.63) is 20.8 Å². The van der Waals surface area contributed by atoms with E-state index in [2.05, 4.69) is 11.4 Å². The zero-order valence-corrected chi connectivity index (χ0v) is 13.8. The second-order valence-corrected chi connectivity index (χ2v) is 7.42. The van der Waals surface area contributed by atoms with Gasteiger partial charge in [0.1, 0.15) is 0 Å². The summed E-state index contributed by atoms with van der Waals surface area (Å²) in [6.07, 6.45) is 4.09. The second-order valence-electron chi connectivity index (χ2n) is 5.65. The molecular formula is C15H21ClN2O2S. The highest BCUT2D eigenvalue weighted by molar-refractivity contribution is 7.16. The Bertz CT molecular complexity index is 512. The number of rotatable bonds is 3. The number of hydrogen-bond acceptors (Lipinski definition) is 4. The Morgan fingerprint density at radius 2 is 2.24 bits per heavy atom. The van der Waals surface area contributed by atoms with Crippen molar-refractivity contribution in [2.24, 2.45) is 0 Å². The summed E-state index contributed by atoms with van der Waals surface area (Å²) in [7, 11) is 0.